The first-order valence-corrected chi connectivity index (χ1v) is 5.19. The Morgan fingerprint density at radius 1 is 1.06 bits per heavy atom. The van der Waals surface area contributed by atoms with Gasteiger partial charge in [-0.2, -0.15) is 5.10 Å². The molecule has 0 radical (unpaired) electrons. The molecule has 0 aromatic heterocycles. The van der Waals surface area contributed by atoms with Crippen molar-refractivity contribution in [2.24, 2.45) is 5.10 Å². The van der Waals surface area contributed by atoms with Gasteiger partial charge in [-0.05, 0) is 24.3 Å². The first-order chi connectivity index (χ1) is 8.68. The van der Waals surface area contributed by atoms with E-state index in [1.165, 1.54) is 0 Å². The van der Waals surface area contributed by atoms with Crippen molar-refractivity contribution in [3.8, 4) is 5.75 Å². The summed E-state index contributed by atoms with van der Waals surface area (Å²) in [6.45, 7) is 0. The number of para-hydroxylation sites is 1. The number of phenolic OH excluding ortho intramolecular Hbond substituents is 1. The zero-order valence-corrected chi connectivity index (χ0v) is 9.27. The minimum Gasteiger partial charge on any atom is -0.505 e. The van der Waals surface area contributed by atoms with Crippen LogP contribution in [0.3, 0.4) is 0 Å². The molecule has 0 saturated heterocycles. The largest absolute Gasteiger partial charge is 0.505 e. The Kier molecular flexibility index (Phi) is 3.52. The topological polar surface area (TPSA) is 44.6 Å². The Bertz CT molecular complexity index is 571. The van der Waals surface area contributed by atoms with Crippen LogP contribution in [0.25, 0.3) is 0 Å². The molecule has 0 aliphatic carbocycles. The highest BCUT2D eigenvalue weighted by molar-refractivity contribution is 5.81. The number of hydrogen-bond donors (Lipinski definition) is 2. The molecule has 0 fully saturated rings. The van der Waals surface area contributed by atoms with Gasteiger partial charge in [-0.15, -0.1) is 0 Å². The minimum atomic E-state index is -1.03. The van der Waals surface area contributed by atoms with E-state index in [0.29, 0.717) is 5.69 Å². The van der Waals surface area contributed by atoms with Crippen molar-refractivity contribution in [3.63, 3.8) is 0 Å². The van der Waals surface area contributed by atoms with Gasteiger partial charge in [0, 0.05) is 0 Å². The van der Waals surface area contributed by atoms with Gasteiger partial charge in [0.1, 0.15) is 5.82 Å². The highest BCUT2D eigenvalue weighted by Gasteiger charge is 2.10. The van der Waals surface area contributed by atoms with Crippen LogP contribution in [-0.2, 0) is 0 Å². The lowest BCUT2D eigenvalue weighted by Gasteiger charge is -2.02. The molecule has 0 atom stereocenters. The monoisotopic (exact) mass is 248 g/mol. The summed E-state index contributed by atoms with van der Waals surface area (Å²) < 4.78 is 26.7. The van der Waals surface area contributed by atoms with Gasteiger partial charge >= 0.3 is 0 Å². The highest BCUT2D eigenvalue weighted by Crippen LogP contribution is 2.20. The van der Waals surface area contributed by atoms with Crippen molar-refractivity contribution in [2.75, 3.05) is 5.43 Å². The molecular weight excluding hydrogens is 238 g/mol. The molecule has 92 valence electrons. The summed E-state index contributed by atoms with van der Waals surface area (Å²) in [5.74, 6) is -2.44. The fourth-order valence-corrected chi connectivity index (χ4v) is 1.36. The Hall–Kier alpha value is -2.43. The van der Waals surface area contributed by atoms with Crippen molar-refractivity contribution in [1.29, 1.82) is 0 Å². The van der Waals surface area contributed by atoms with E-state index in [1.807, 2.05) is 6.07 Å². The number of benzene rings is 2. The SMILES string of the molecule is Oc1ccc(F)c(C=NNc2ccccc2)c1F. The van der Waals surface area contributed by atoms with Gasteiger partial charge < -0.3 is 5.11 Å². The Labute approximate surface area is 102 Å². The van der Waals surface area contributed by atoms with E-state index in [1.54, 1.807) is 24.3 Å². The maximum Gasteiger partial charge on any atom is 0.176 e. The quantitative estimate of drug-likeness (QED) is 0.647. The van der Waals surface area contributed by atoms with Crippen LogP contribution in [0, 0.1) is 11.6 Å². The average molecular weight is 248 g/mol. The Morgan fingerprint density at radius 3 is 2.50 bits per heavy atom. The highest BCUT2D eigenvalue weighted by atomic mass is 19.1. The molecule has 0 bridgehead atoms. The molecular formula is C13H10F2N2O. The second-order valence-electron chi connectivity index (χ2n) is 3.53. The normalized spacial score (nSPS) is 10.8. The molecule has 0 amide bonds. The van der Waals surface area contributed by atoms with Gasteiger partial charge in [-0.1, -0.05) is 18.2 Å². The van der Waals surface area contributed by atoms with E-state index in [9.17, 15) is 8.78 Å². The van der Waals surface area contributed by atoms with Crippen molar-refractivity contribution in [3.05, 3.63) is 59.7 Å². The van der Waals surface area contributed by atoms with Gasteiger partial charge in [-0.25, -0.2) is 8.78 Å². The van der Waals surface area contributed by atoms with Crippen LogP contribution in [0.5, 0.6) is 5.75 Å². The van der Waals surface area contributed by atoms with Crippen LogP contribution < -0.4 is 5.43 Å². The summed E-state index contributed by atoms with van der Waals surface area (Å²) in [5, 5.41) is 12.8. The number of aromatic hydroxyl groups is 1. The van der Waals surface area contributed by atoms with E-state index in [-0.39, 0.29) is 0 Å². The van der Waals surface area contributed by atoms with Gasteiger partial charge in [0.25, 0.3) is 0 Å². The maximum absolute atomic E-state index is 13.4. The van der Waals surface area contributed by atoms with E-state index >= 15 is 0 Å². The van der Waals surface area contributed by atoms with Crippen molar-refractivity contribution < 1.29 is 13.9 Å². The second kappa shape index (κ2) is 5.27. The van der Waals surface area contributed by atoms with Crippen LogP contribution in [-0.4, -0.2) is 11.3 Å². The molecule has 3 nitrogen and oxygen atoms in total. The van der Waals surface area contributed by atoms with Gasteiger partial charge in [0.05, 0.1) is 17.5 Å². The molecule has 5 heteroatoms. The summed E-state index contributed by atoms with van der Waals surface area (Å²) in [5.41, 5.74) is 2.92. The van der Waals surface area contributed by atoms with E-state index in [4.69, 9.17) is 5.11 Å². The minimum absolute atomic E-state index is 0.390. The van der Waals surface area contributed by atoms with Crippen LogP contribution in [0.4, 0.5) is 14.5 Å². The van der Waals surface area contributed by atoms with Crippen LogP contribution in [0.2, 0.25) is 0 Å². The number of halogens is 2. The maximum atomic E-state index is 13.4. The summed E-state index contributed by atoms with van der Waals surface area (Å²) in [7, 11) is 0. The molecule has 0 unspecified atom stereocenters. The third kappa shape index (κ3) is 2.63. The van der Waals surface area contributed by atoms with Crippen molar-refractivity contribution in [2.45, 2.75) is 0 Å². The Balaban J connectivity index is 2.17. The molecule has 2 aromatic carbocycles. The first-order valence-electron chi connectivity index (χ1n) is 5.19. The lowest BCUT2D eigenvalue weighted by atomic mass is 10.2. The second-order valence-corrected chi connectivity index (χ2v) is 3.53. The molecule has 0 saturated carbocycles. The number of nitrogens with zero attached hydrogens (tertiary/aromatic N) is 1. The lowest BCUT2D eigenvalue weighted by molar-refractivity contribution is 0.427. The first kappa shape index (κ1) is 12.0. The van der Waals surface area contributed by atoms with E-state index in [2.05, 4.69) is 10.5 Å². The molecule has 2 rings (SSSR count). The van der Waals surface area contributed by atoms with Gasteiger partial charge in [0.2, 0.25) is 0 Å². The molecule has 18 heavy (non-hydrogen) atoms. The number of phenols is 1. The van der Waals surface area contributed by atoms with Crippen molar-refractivity contribution >= 4 is 11.9 Å². The molecule has 0 aliphatic rings. The smallest absolute Gasteiger partial charge is 0.176 e. The van der Waals surface area contributed by atoms with Crippen molar-refractivity contribution in [1.82, 2.24) is 0 Å². The molecule has 0 heterocycles. The summed E-state index contributed by atoms with van der Waals surface area (Å²) in [4.78, 5) is 0. The van der Waals surface area contributed by atoms with Crippen LogP contribution in [0.1, 0.15) is 5.56 Å². The van der Waals surface area contributed by atoms with Gasteiger partial charge in [0.15, 0.2) is 11.6 Å². The molecule has 0 aliphatic heterocycles. The molecule has 2 aromatic rings. The van der Waals surface area contributed by atoms with Crippen LogP contribution >= 0.6 is 0 Å². The fourth-order valence-electron chi connectivity index (χ4n) is 1.36. The lowest BCUT2D eigenvalue weighted by Crippen LogP contribution is -1.97. The number of nitrogens with one attached hydrogen (secondary N) is 1. The number of hydrazone groups is 1. The number of anilines is 1. The Morgan fingerprint density at radius 2 is 1.78 bits per heavy atom. The predicted molar refractivity (Wildman–Crippen MR) is 65.7 cm³/mol. The third-order valence-electron chi connectivity index (χ3n) is 2.27. The standard InChI is InChI=1S/C13H10F2N2O/c14-11-6-7-12(18)13(15)10(11)8-16-17-9-4-2-1-3-5-9/h1-8,17-18H. The van der Waals surface area contributed by atoms with Crippen LogP contribution in [0.15, 0.2) is 47.6 Å². The third-order valence-corrected chi connectivity index (χ3v) is 2.27. The molecule has 2 N–H and O–H groups in total. The molecule has 0 spiro atoms. The average Bonchev–Trinajstić information content (AvgIpc) is 2.39. The fraction of sp³-hybridized carbons (Fsp3) is 0. The van der Waals surface area contributed by atoms with E-state index < -0.39 is 22.9 Å². The van der Waals surface area contributed by atoms with E-state index in [0.717, 1.165) is 18.3 Å². The zero-order chi connectivity index (χ0) is 13.0. The number of rotatable bonds is 3. The summed E-state index contributed by atoms with van der Waals surface area (Å²) in [6, 6.07) is 10.9. The van der Waals surface area contributed by atoms with Gasteiger partial charge in [-0.3, -0.25) is 5.43 Å². The summed E-state index contributed by atoms with van der Waals surface area (Å²) >= 11 is 0. The zero-order valence-electron chi connectivity index (χ0n) is 9.27. The number of hydrogen-bond acceptors (Lipinski definition) is 3. The summed E-state index contributed by atoms with van der Waals surface area (Å²) in [6.07, 6.45) is 0.984. The predicted octanol–water partition coefficient (Wildman–Crippen LogP) is 3.12.